The normalized spacial score (nSPS) is 30.8. The summed E-state index contributed by atoms with van der Waals surface area (Å²) in [5.41, 5.74) is 0. The van der Waals surface area contributed by atoms with Crippen molar-refractivity contribution in [1.29, 1.82) is 0 Å². The molecule has 1 aromatic rings. The van der Waals surface area contributed by atoms with Crippen molar-refractivity contribution in [1.82, 2.24) is 19.8 Å². The molecule has 0 radical (unpaired) electrons. The lowest BCUT2D eigenvalue weighted by Gasteiger charge is -2.47. The molecule has 4 aliphatic heterocycles. The largest absolute Gasteiger partial charge is 0.351 e. The van der Waals surface area contributed by atoms with Crippen molar-refractivity contribution < 1.29 is 0 Å². The Morgan fingerprint density at radius 1 is 0.615 bits per heavy atom. The number of anilines is 2. The van der Waals surface area contributed by atoms with Crippen LogP contribution in [-0.2, 0) is 0 Å². The highest BCUT2D eigenvalue weighted by molar-refractivity contribution is 5.63. The van der Waals surface area contributed by atoms with Gasteiger partial charge in [-0.25, -0.2) is 9.97 Å². The first kappa shape index (κ1) is 16.8. The molecule has 0 amide bonds. The van der Waals surface area contributed by atoms with Crippen LogP contribution in [0.4, 0.5) is 11.6 Å². The predicted molar refractivity (Wildman–Crippen MR) is 105 cm³/mol. The number of piperazine rings is 2. The number of aromatic nitrogens is 2. The minimum absolute atomic E-state index is 0.711. The number of fused-ring (bicyclic) bond motifs is 2. The summed E-state index contributed by atoms with van der Waals surface area (Å²) in [5.74, 6) is 2.25. The van der Waals surface area contributed by atoms with Crippen LogP contribution in [0.1, 0.15) is 38.5 Å². The van der Waals surface area contributed by atoms with Crippen LogP contribution in [-0.4, -0.2) is 84.2 Å². The summed E-state index contributed by atoms with van der Waals surface area (Å²) in [5, 5.41) is 0. The molecule has 5 rings (SSSR count). The van der Waals surface area contributed by atoms with Gasteiger partial charge in [-0.3, -0.25) is 9.80 Å². The molecule has 5 heterocycles. The Hall–Kier alpha value is -1.40. The fraction of sp³-hybridized carbons (Fsp3) is 0.800. The Labute approximate surface area is 157 Å². The fourth-order valence-corrected chi connectivity index (χ4v) is 5.47. The molecule has 4 fully saturated rings. The van der Waals surface area contributed by atoms with Crippen molar-refractivity contribution in [3.8, 4) is 0 Å². The minimum Gasteiger partial charge on any atom is -0.351 e. The van der Waals surface area contributed by atoms with Crippen molar-refractivity contribution in [3.05, 3.63) is 12.4 Å². The van der Waals surface area contributed by atoms with Gasteiger partial charge in [-0.05, 0) is 38.8 Å². The summed E-state index contributed by atoms with van der Waals surface area (Å²) in [7, 11) is 0. The van der Waals surface area contributed by atoms with Gasteiger partial charge in [0.2, 0.25) is 0 Å². The van der Waals surface area contributed by atoms with Crippen molar-refractivity contribution in [3.63, 3.8) is 0 Å². The van der Waals surface area contributed by atoms with Crippen LogP contribution in [0, 0.1) is 0 Å². The molecule has 142 valence electrons. The van der Waals surface area contributed by atoms with E-state index in [1.54, 1.807) is 0 Å². The van der Waals surface area contributed by atoms with Crippen LogP contribution < -0.4 is 9.80 Å². The van der Waals surface area contributed by atoms with Crippen molar-refractivity contribution in [2.45, 2.75) is 50.6 Å². The molecule has 6 heteroatoms. The molecule has 26 heavy (non-hydrogen) atoms. The molecular weight excluding hydrogens is 324 g/mol. The van der Waals surface area contributed by atoms with E-state index in [1.165, 1.54) is 64.7 Å². The summed E-state index contributed by atoms with van der Waals surface area (Å²) in [6.07, 6.45) is 11.9. The Morgan fingerprint density at radius 2 is 1.12 bits per heavy atom. The first-order valence-electron chi connectivity index (χ1n) is 10.7. The Balaban J connectivity index is 1.34. The van der Waals surface area contributed by atoms with E-state index in [4.69, 9.17) is 9.97 Å². The Morgan fingerprint density at radius 3 is 1.62 bits per heavy atom. The first-order valence-corrected chi connectivity index (χ1v) is 10.7. The molecule has 0 N–H and O–H groups in total. The zero-order valence-corrected chi connectivity index (χ0v) is 15.9. The minimum atomic E-state index is 0.711. The fourth-order valence-electron chi connectivity index (χ4n) is 5.47. The average molecular weight is 357 g/mol. The molecule has 0 aliphatic carbocycles. The standard InChI is InChI=1S/C20H32N6/c1-3-9-23-11-13-25(15-17(23)5-1)19-20(22-8-7-21-19)26-14-12-24-10-4-2-6-18(24)16-26/h7-8,17-18H,1-6,9-16H2/t17-,18-/m0/s1. The van der Waals surface area contributed by atoms with E-state index in [1.807, 2.05) is 12.4 Å². The van der Waals surface area contributed by atoms with Gasteiger partial charge < -0.3 is 9.80 Å². The molecule has 0 aromatic carbocycles. The molecule has 2 atom stereocenters. The predicted octanol–water partition coefficient (Wildman–Crippen LogP) is 1.83. The van der Waals surface area contributed by atoms with Crippen LogP contribution in [0.15, 0.2) is 12.4 Å². The van der Waals surface area contributed by atoms with Gasteiger partial charge in [-0.1, -0.05) is 12.8 Å². The van der Waals surface area contributed by atoms with Crippen LogP contribution in [0.5, 0.6) is 0 Å². The number of hydrogen-bond acceptors (Lipinski definition) is 6. The maximum Gasteiger partial charge on any atom is 0.172 e. The van der Waals surface area contributed by atoms with Gasteiger partial charge in [0.25, 0.3) is 0 Å². The molecule has 0 bridgehead atoms. The second kappa shape index (κ2) is 7.31. The molecular formula is C20H32N6. The molecule has 0 saturated carbocycles. The second-order valence-electron chi connectivity index (χ2n) is 8.47. The summed E-state index contributed by atoms with van der Waals surface area (Å²) < 4.78 is 0. The van der Waals surface area contributed by atoms with Crippen molar-refractivity contribution >= 4 is 11.6 Å². The molecule has 0 spiro atoms. The number of nitrogens with zero attached hydrogens (tertiary/aromatic N) is 6. The van der Waals surface area contributed by atoms with E-state index in [0.717, 1.165) is 37.8 Å². The number of hydrogen-bond donors (Lipinski definition) is 0. The van der Waals surface area contributed by atoms with Gasteiger partial charge in [-0.2, -0.15) is 0 Å². The third-order valence-corrected chi connectivity index (χ3v) is 6.93. The Bertz CT molecular complexity index is 569. The monoisotopic (exact) mass is 356 g/mol. The van der Waals surface area contributed by atoms with Crippen molar-refractivity contribution in [2.75, 3.05) is 62.2 Å². The summed E-state index contributed by atoms with van der Waals surface area (Å²) in [6.45, 7) is 9.35. The van der Waals surface area contributed by atoms with Gasteiger partial charge in [0.1, 0.15) is 0 Å². The highest BCUT2D eigenvalue weighted by Crippen LogP contribution is 2.31. The maximum absolute atomic E-state index is 4.81. The molecule has 6 nitrogen and oxygen atoms in total. The van der Waals surface area contributed by atoms with Crippen LogP contribution in [0.25, 0.3) is 0 Å². The van der Waals surface area contributed by atoms with E-state index in [0.29, 0.717) is 12.1 Å². The topological polar surface area (TPSA) is 38.7 Å². The third-order valence-electron chi connectivity index (χ3n) is 6.93. The third kappa shape index (κ3) is 3.18. The lowest BCUT2D eigenvalue weighted by Crippen LogP contribution is -2.57. The lowest BCUT2D eigenvalue weighted by molar-refractivity contribution is 0.131. The molecule has 4 aliphatic rings. The number of piperidine rings is 2. The SMILES string of the molecule is c1cnc(N2CCN3CCCC[C@H]3C2)c(N2CCN3CCCC[C@H]3C2)n1. The molecule has 1 aromatic heterocycles. The highest BCUT2D eigenvalue weighted by atomic mass is 15.4. The summed E-state index contributed by atoms with van der Waals surface area (Å²) in [4.78, 5) is 20.0. The van der Waals surface area contributed by atoms with E-state index in [-0.39, 0.29) is 0 Å². The summed E-state index contributed by atoms with van der Waals surface area (Å²) >= 11 is 0. The average Bonchev–Trinajstić information content (AvgIpc) is 2.73. The molecule has 0 unspecified atom stereocenters. The lowest BCUT2D eigenvalue weighted by atomic mass is 9.99. The van der Waals surface area contributed by atoms with E-state index in [9.17, 15) is 0 Å². The quantitative estimate of drug-likeness (QED) is 0.805. The van der Waals surface area contributed by atoms with Gasteiger partial charge in [0.05, 0.1) is 0 Å². The smallest absolute Gasteiger partial charge is 0.172 e. The maximum atomic E-state index is 4.81. The zero-order valence-electron chi connectivity index (χ0n) is 15.9. The van der Waals surface area contributed by atoms with Crippen LogP contribution >= 0.6 is 0 Å². The van der Waals surface area contributed by atoms with Gasteiger partial charge >= 0.3 is 0 Å². The highest BCUT2D eigenvalue weighted by Gasteiger charge is 2.34. The first-order chi connectivity index (χ1) is 12.9. The number of rotatable bonds is 2. The van der Waals surface area contributed by atoms with E-state index < -0.39 is 0 Å². The van der Waals surface area contributed by atoms with Crippen LogP contribution in [0.2, 0.25) is 0 Å². The van der Waals surface area contributed by atoms with E-state index in [2.05, 4.69) is 19.6 Å². The van der Waals surface area contributed by atoms with Crippen molar-refractivity contribution in [2.24, 2.45) is 0 Å². The van der Waals surface area contributed by atoms with Gasteiger partial charge in [0.15, 0.2) is 11.6 Å². The van der Waals surface area contributed by atoms with Gasteiger partial charge in [0, 0.05) is 63.7 Å². The zero-order chi connectivity index (χ0) is 17.3. The van der Waals surface area contributed by atoms with Gasteiger partial charge in [-0.15, -0.1) is 0 Å². The second-order valence-corrected chi connectivity index (χ2v) is 8.47. The van der Waals surface area contributed by atoms with E-state index >= 15 is 0 Å². The van der Waals surface area contributed by atoms with Crippen LogP contribution in [0.3, 0.4) is 0 Å². The Kier molecular flexibility index (Phi) is 4.71. The molecule has 4 saturated heterocycles. The summed E-state index contributed by atoms with van der Waals surface area (Å²) in [6, 6.07) is 1.42.